The van der Waals surface area contributed by atoms with E-state index in [-0.39, 0.29) is 0 Å². The van der Waals surface area contributed by atoms with Gasteiger partial charge in [-0.3, -0.25) is 0 Å². The Kier molecular flexibility index (Phi) is 5.16. The summed E-state index contributed by atoms with van der Waals surface area (Å²) in [6.07, 6.45) is 0. The van der Waals surface area contributed by atoms with E-state index < -0.39 is 0 Å². The van der Waals surface area contributed by atoms with E-state index in [0.29, 0.717) is 21.4 Å². The molecule has 82 valence electrons. The van der Waals surface area contributed by atoms with E-state index in [1.54, 1.807) is 0 Å². The number of ether oxygens (including phenoxy) is 2. The number of hydrogen-bond donors (Lipinski definition) is 0. The highest BCUT2D eigenvalue weighted by Crippen LogP contribution is 2.20. The molecule has 0 saturated heterocycles. The molecule has 0 atom stereocenters. The van der Waals surface area contributed by atoms with Gasteiger partial charge in [-0.15, -0.1) is 0 Å². The fourth-order valence-electron chi connectivity index (χ4n) is 1.19. The van der Waals surface area contributed by atoms with Gasteiger partial charge in [-0.05, 0) is 26.0 Å². The molecule has 0 saturated carbocycles. The fraction of sp³-hybridized carbons (Fsp3) is 0.364. The van der Waals surface area contributed by atoms with Crippen molar-refractivity contribution in [2.45, 2.75) is 13.8 Å². The predicted octanol–water partition coefficient (Wildman–Crippen LogP) is 1.18. The predicted molar refractivity (Wildman–Crippen MR) is 61.4 cm³/mol. The van der Waals surface area contributed by atoms with Crippen LogP contribution in [0.2, 0.25) is 0 Å². The molecule has 4 heteroatoms. The van der Waals surface area contributed by atoms with Crippen molar-refractivity contribution in [2.75, 3.05) is 13.2 Å². The molecule has 0 bridgehead atoms. The lowest BCUT2D eigenvalue weighted by Crippen LogP contribution is -2.05. The minimum Gasteiger partial charge on any atom is -0.830 e. The van der Waals surface area contributed by atoms with Crippen LogP contribution in [0.25, 0.3) is 0 Å². The van der Waals surface area contributed by atoms with E-state index >= 15 is 0 Å². The molecular weight excluding hydrogens is 211 g/mol. The highest BCUT2D eigenvalue weighted by molar-refractivity contribution is 7.46. The second-order valence-corrected chi connectivity index (χ2v) is 3.68. The largest absolute Gasteiger partial charge is 0.830 e. The molecule has 0 unspecified atom stereocenters. The van der Waals surface area contributed by atoms with Crippen molar-refractivity contribution in [1.82, 2.24) is 0 Å². The first-order valence-electron chi connectivity index (χ1n) is 4.86. The summed E-state index contributed by atoms with van der Waals surface area (Å²) in [6.45, 7) is 5.04. The van der Waals surface area contributed by atoms with Gasteiger partial charge >= 0.3 is 0 Å². The van der Waals surface area contributed by atoms with Crippen molar-refractivity contribution in [1.29, 1.82) is 0 Å². The first kappa shape index (κ1) is 12.0. The Balaban J connectivity index is 2.97. The quantitative estimate of drug-likeness (QED) is 0.706. The van der Waals surface area contributed by atoms with Gasteiger partial charge in [0.15, 0.2) is 0 Å². The molecule has 0 fully saturated rings. The van der Waals surface area contributed by atoms with Crippen LogP contribution in [0.15, 0.2) is 18.2 Å². The number of rotatable bonds is 5. The first-order chi connectivity index (χ1) is 7.31. The summed E-state index contributed by atoms with van der Waals surface area (Å²) in [5.74, 6) is 2.33. The summed E-state index contributed by atoms with van der Waals surface area (Å²) >= 11 is 0. The standard InChI is InChI=1S/C11H15O3P/c1-3-13-9-5-6-11(15-8-12)10(7-9)14-4-2/h5-8,12H,3-4H2,1-2H3/p-1. The Bertz CT molecular complexity index is 337. The molecule has 15 heavy (non-hydrogen) atoms. The average Bonchev–Trinajstić information content (AvgIpc) is 2.23. The van der Waals surface area contributed by atoms with Crippen LogP contribution < -0.4 is 19.9 Å². The summed E-state index contributed by atoms with van der Waals surface area (Å²) in [5, 5.41) is 11.3. The number of benzene rings is 1. The highest BCUT2D eigenvalue weighted by Gasteiger charge is 2.02. The van der Waals surface area contributed by atoms with E-state index in [1.165, 1.54) is 0 Å². The molecule has 0 spiro atoms. The minimum atomic E-state index is 0.580. The van der Waals surface area contributed by atoms with Crippen LogP contribution in [0, 0.1) is 0 Å². The van der Waals surface area contributed by atoms with E-state index in [9.17, 15) is 5.11 Å². The third kappa shape index (κ3) is 3.54. The molecular formula is C11H14O3P-. The van der Waals surface area contributed by atoms with Gasteiger partial charge in [0.2, 0.25) is 0 Å². The molecule has 0 aliphatic rings. The lowest BCUT2D eigenvalue weighted by atomic mass is 10.3. The zero-order valence-corrected chi connectivity index (χ0v) is 9.79. The Morgan fingerprint density at radius 2 is 2.00 bits per heavy atom. The van der Waals surface area contributed by atoms with Crippen LogP contribution in [0.4, 0.5) is 0 Å². The lowest BCUT2D eigenvalue weighted by Gasteiger charge is -2.10. The number of hydrogen-bond acceptors (Lipinski definition) is 3. The molecule has 0 amide bonds. The molecule has 1 rings (SSSR count). The molecule has 0 aliphatic carbocycles. The van der Waals surface area contributed by atoms with Crippen LogP contribution in [-0.4, -0.2) is 19.2 Å². The summed E-state index contributed by atoms with van der Waals surface area (Å²) < 4.78 is 10.8. The van der Waals surface area contributed by atoms with Crippen LogP contribution >= 0.6 is 8.20 Å². The topological polar surface area (TPSA) is 41.5 Å². The second kappa shape index (κ2) is 6.44. The van der Waals surface area contributed by atoms with Gasteiger partial charge in [-0.1, -0.05) is 8.20 Å². The van der Waals surface area contributed by atoms with Crippen molar-refractivity contribution >= 4 is 19.5 Å². The molecule has 0 aliphatic heterocycles. The van der Waals surface area contributed by atoms with Crippen molar-refractivity contribution in [3.63, 3.8) is 0 Å². The zero-order chi connectivity index (χ0) is 11.1. The molecule has 3 nitrogen and oxygen atoms in total. The molecule has 0 heterocycles. The van der Waals surface area contributed by atoms with Crippen LogP contribution in [-0.2, 0) is 0 Å². The van der Waals surface area contributed by atoms with Crippen molar-refractivity contribution in [3.05, 3.63) is 18.2 Å². The SMILES string of the molecule is CCOc1ccc(P=C[O-])c(OCC)c1. The van der Waals surface area contributed by atoms with Gasteiger partial charge in [0, 0.05) is 11.4 Å². The maximum atomic E-state index is 10.4. The first-order valence-corrected chi connectivity index (χ1v) is 5.82. The van der Waals surface area contributed by atoms with Gasteiger partial charge < -0.3 is 14.6 Å². The molecule has 1 aromatic rings. The summed E-state index contributed by atoms with van der Waals surface area (Å²) in [5.41, 5.74) is 0. The highest BCUT2D eigenvalue weighted by atomic mass is 31.1. The summed E-state index contributed by atoms with van der Waals surface area (Å²) in [6, 6.07) is 5.52. The lowest BCUT2D eigenvalue weighted by molar-refractivity contribution is -0.195. The zero-order valence-electron chi connectivity index (χ0n) is 8.90. The van der Waals surface area contributed by atoms with E-state index in [2.05, 4.69) is 0 Å². The van der Waals surface area contributed by atoms with E-state index in [0.717, 1.165) is 22.8 Å². The van der Waals surface area contributed by atoms with Gasteiger partial charge in [0.25, 0.3) is 0 Å². The average molecular weight is 225 g/mol. The van der Waals surface area contributed by atoms with Crippen LogP contribution in [0.5, 0.6) is 11.5 Å². The molecule has 0 radical (unpaired) electrons. The molecule has 1 aromatic carbocycles. The van der Waals surface area contributed by atoms with Crippen molar-refractivity contribution < 1.29 is 14.6 Å². The summed E-state index contributed by atoms with van der Waals surface area (Å²) in [7, 11) is 0.620. The minimum absolute atomic E-state index is 0.580. The smallest absolute Gasteiger partial charge is 0.134 e. The normalized spacial score (nSPS) is 10.6. The Morgan fingerprint density at radius 3 is 2.60 bits per heavy atom. The van der Waals surface area contributed by atoms with E-state index in [1.807, 2.05) is 32.0 Å². The monoisotopic (exact) mass is 225 g/mol. The van der Waals surface area contributed by atoms with Crippen LogP contribution in [0.1, 0.15) is 13.8 Å². The van der Waals surface area contributed by atoms with Crippen LogP contribution in [0.3, 0.4) is 0 Å². The Morgan fingerprint density at radius 1 is 1.27 bits per heavy atom. The third-order valence-electron chi connectivity index (χ3n) is 1.73. The third-order valence-corrected chi connectivity index (χ3v) is 2.49. The summed E-state index contributed by atoms with van der Waals surface area (Å²) in [4.78, 5) is 0. The van der Waals surface area contributed by atoms with Crippen molar-refractivity contribution in [2.24, 2.45) is 0 Å². The second-order valence-electron chi connectivity index (χ2n) is 2.73. The Labute approximate surface area is 91.5 Å². The van der Waals surface area contributed by atoms with Gasteiger partial charge in [-0.2, -0.15) is 5.98 Å². The van der Waals surface area contributed by atoms with E-state index in [4.69, 9.17) is 9.47 Å². The molecule has 0 aromatic heterocycles. The fourth-order valence-corrected chi connectivity index (χ4v) is 1.72. The Hall–Kier alpha value is -1.05. The molecule has 0 N–H and O–H groups in total. The maximum absolute atomic E-state index is 10.4. The maximum Gasteiger partial charge on any atom is 0.134 e. The van der Waals surface area contributed by atoms with Gasteiger partial charge in [-0.25, -0.2) is 0 Å². The van der Waals surface area contributed by atoms with Gasteiger partial charge in [0.1, 0.15) is 11.5 Å². The van der Waals surface area contributed by atoms with Crippen molar-refractivity contribution in [3.8, 4) is 11.5 Å². The van der Waals surface area contributed by atoms with Gasteiger partial charge in [0.05, 0.1) is 13.2 Å².